The second-order valence-corrected chi connectivity index (χ2v) is 5.99. The maximum absolute atomic E-state index is 13.0. The number of benzene rings is 1. The van der Waals surface area contributed by atoms with Gasteiger partial charge in [0.2, 0.25) is 5.91 Å². The molecule has 1 aromatic heterocycles. The van der Waals surface area contributed by atoms with Gasteiger partial charge in [-0.15, -0.1) is 0 Å². The first-order valence-electron chi connectivity index (χ1n) is 8.48. The minimum atomic E-state index is 0.0673. The van der Waals surface area contributed by atoms with Gasteiger partial charge in [0.25, 0.3) is 0 Å². The van der Waals surface area contributed by atoms with Gasteiger partial charge in [-0.1, -0.05) is 6.92 Å². The standard InChI is InChI=1S/C20H26N2O3/c1-5-15(2)22(14-16-8-10-21-11-9-16)20(23)13-17-12-18(24-3)6-7-19(17)25-4/h6-12,15H,5,13-14H2,1-4H3/t15-/m0/s1. The van der Waals surface area contributed by atoms with E-state index < -0.39 is 0 Å². The first-order chi connectivity index (χ1) is 12.1. The molecule has 0 saturated carbocycles. The molecule has 0 aliphatic heterocycles. The van der Waals surface area contributed by atoms with Crippen LogP contribution in [0.25, 0.3) is 0 Å². The van der Waals surface area contributed by atoms with Crippen molar-refractivity contribution in [2.24, 2.45) is 0 Å². The number of carbonyl (C=O) groups is 1. The van der Waals surface area contributed by atoms with E-state index in [1.165, 1.54) is 0 Å². The minimum Gasteiger partial charge on any atom is -0.497 e. The van der Waals surface area contributed by atoms with Gasteiger partial charge in [-0.3, -0.25) is 9.78 Å². The summed E-state index contributed by atoms with van der Waals surface area (Å²) >= 11 is 0. The SMILES string of the molecule is CC[C@H](C)N(Cc1ccncc1)C(=O)Cc1cc(OC)ccc1OC. The summed E-state index contributed by atoms with van der Waals surface area (Å²) in [5.41, 5.74) is 1.90. The van der Waals surface area contributed by atoms with E-state index in [0.717, 1.165) is 17.5 Å². The summed E-state index contributed by atoms with van der Waals surface area (Å²) in [6.07, 6.45) is 4.67. The third kappa shape index (κ3) is 4.95. The van der Waals surface area contributed by atoms with Crippen LogP contribution < -0.4 is 9.47 Å². The van der Waals surface area contributed by atoms with E-state index >= 15 is 0 Å². The van der Waals surface area contributed by atoms with Crippen molar-refractivity contribution in [3.8, 4) is 11.5 Å². The number of hydrogen-bond acceptors (Lipinski definition) is 4. The highest BCUT2D eigenvalue weighted by Crippen LogP contribution is 2.25. The molecule has 25 heavy (non-hydrogen) atoms. The molecular formula is C20H26N2O3. The van der Waals surface area contributed by atoms with Gasteiger partial charge in [0.05, 0.1) is 20.6 Å². The van der Waals surface area contributed by atoms with E-state index in [9.17, 15) is 4.79 Å². The van der Waals surface area contributed by atoms with Gasteiger partial charge in [0, 0.05) is 30.5 Å². The van der Waals surface area contributed by atoms with Crippen LogP contribution in [-0.2, 0) is 17.8 Å². The number of hydrogen-bond donors (Lipinski definition) is 0. The van der Waals surface area contributed by atoms with Gasteiger partial charge in [-0.05, 0) is 49.2 Å². The van der Waals surface area contributed by atoms with Gasteiger partial charge in [0.15, 0.2) is 0 Å². The zero-order chi connectivity index (χ0) is 18.2. The zero-order valence-electron chi connectivity index (χ0n) is 15.4. The number of ether oxygens (including phenoxy) is 2. The Morgan fingerprint density at radius 2 is 1.88 bits per heavy atom. The van der Waals surface area contributed by atoms with Crippen LogP contribution in [0.3, 0.4) is 0 Å². The number of nitrogens with zero attached hydrogens (tertiary/aromatic N) is 2. The lowest BCUT2D eigenvalue weighted by molar-refractivity contribution is -0.133. The number of pyridine rings is 1. The Kier molecular flexibility index (Phi) is 6.81. The number of methoxy groups -OCH3 is 2. The molecule has 2 aromatic rings. The first kappa shape index (κ1) is 18.8. The molecule has 1 amide bonds. The Bertz CT molecular complexity index is 689. The number of amides is 1. The molecule has 5 nitrogen and oxygen atoms in total. The predicted octanol–water partition coefficient (Wildman–Crippen LogP) is 3.47. The van der Waals surface area contributed by atoms with Crippen molar-refractivity contribution in [1.29, 1.82) is 0 Å². The lowest BCUT2D eigenvalue weighted by Crippen LogP contribution is -2.38. The molecule has 0 aliphatic rings. The maximum Gasteiger partial charge on any atom is 0.227 e. The Balaban J connectivity index is 2.22. The lowest BCUT2D eigenvalue weighted by Gasteiger charge is -2.29. The smallest absolute Gasteiger partial charge is 0.227 e. The van der Waals surface area contributed by atoms with Crippen molar-refractivity contribution in [2.45, 2.75) is 39.3 Å². The third-order valence-corrected chi connectivity index (χ3v) is 4.37. The highest BCUT2D eigenvalue weighted by atomic mass is 16.5. The fourth-order valence-corrected chi connectivity index (χ4v) is 2.68. The number of aromatic nitrogens is 1. The van der Waals surface area contributed by atoms with Crippen molar-refractivity contribution in [2.75, 3.05) is 14.2 Å². The summed E-state index contributed by atoms with van der Waals surface area (Å²) in [6.45, 7) is 4.73. The molecule has 0 aliphatic carbocycles. The molecule has 0 unspecified atom stereocenters. The summed E-state index contributed by atoms with van der Waals surface area (Å²) in [5.74, 6) is 1.48. The normalized spacial score (nSPS) is 11.7. The third-order valence-electron chi connectivity index (χ3n) is 4.37. The van der Waals surface area contributed by atoms with Crippen molar-refractivity contribution in [1.82, 2.24) is 9.88 Å². The highest BCUT2D eigenvalue weighted by Gasteiger charge is 2.21. The molecule has 1 heterocycles. The molecule has 134 valence electrons. The van der Waals surface area contributed by atoms with Crippen LogP contribution in [0.2, 0.25) is 0 Å². The van der Waals surface area contributed by atoms with Crippen molar-refractivity contribution >= 4 is 5.91 Å². The van der Waals surface area contributed by atoms with Gasteiger partial charge in [-0.2, -0.15) is 0 Å². The molecule has 1 aromatic carbocycles. The average molecular weight is 342 g/mol. The van der Waals surface area contributed by atoms with Crippen LogP contribution in [0.1, 0.15) is 31.4 Å². The minimum absolute atomic E-state index is 0.0673. The maximum atomic E-state index is 13.0. The van der Waals surface area contributed by atoms with E-state index in [2.05, 4.69) is 18.8 Å². The first-order valence-corrected chi connectivity index (χ1v) is 8.48. The topological polar surface area (TPSA) is 51.7 Å². The quantitative estimate of drug-likeness (QED) is 0.737. The molecule has 0 spiro atoms. The highest BCUT2D eigenvalue weighted by molar-refractivity contribution is 5.80. The fraction of sp³-hybridized carbons (Fsp3) is 0.400. The molecule has 0 saturated heterocycles. The Hall–Kier alpha value is -2.56. The molecule has 0 bridgehead atoms. The van der Waals surface area contributed by atoms with Crippen LogP contribution in [-0.4, -0.2) is 36.1 Å². The summed E-state index contributed by atoms with van der Waals surface area (Å²) in [6, 6.07) is 9.55. The molecule has 2 rings (SSSR count). The monoisotopic (exact) mass is 342 g/mol. The van der Waals surface area contributed by atoms with Crippen LogP contribution in [0.4, 0.5) is 0 Å². The van der Waals surface area contributed by atoms with Gasteiger partial charge in [0.1, 0.15) is 11.5 Å². The second kappa shape index (κ2) is 9.06. The van der Waals surface area contributed by atoms with E-state index in [0.29, 0.717) is 18.0 Å². The molecular weight excluding hydrogens is 316 g/mol. The zero-order valence-corrected chi connectivity index (χ0v) is 15.4. The van der Waals surface area contributed by atoms with E-state index in [1.54, 1.807) is 26.6 Å². The van der Waals surface area contributed by atoms with Crippen LogP contribution in [0, 0.1) is 0 Å². The Labute approximate surface area is 149 Å². The summed E-state index contributed by atoms with van der Waals surface area (Å²) < 4.78 is 10.7. The molecule has 0 radical (unpaired) electrons. The van der Waals surface area contributed by atoms with Crippen molar-refractivity contribution in [3.05, 3.63) is 53.9 Å². The van der Waals surface area contributed by atoms with E-state index in [1.807, 2.05) is 35.2 Å². The van der Waals surface area contributed by atoms with Crippen LogP contribution in [0.5, 0.6) is 11.5 Å². The summed E-state index contributed by atoms with van der Waals surface area (Å²) in [4.78, 5) is 18.9. The van der Waals surface area contributed by atoms with Gasteiger partial charge < -0.3 is 14.4 Å². The molecule has 0 fully saturated rings. The number of carbonyl (C=O) groups excluding carboxylic acids is 1. The van der Waals surface area contributed by atoms with Crippen molar-refractivity contribution < 1.29 is 14.3 Å². The molecule has 0 N–H and O–H groups in total. The molecule has 5 heteroatoms. The van der Waals surface area contributed by atoms with E-state index in [-0.39, 0.29) is 18.4 Å². The van der Waals surface area contributed by atoms with Gasteiger partial charge in [-0.25, -0.2) is 0 Å². The Morgan fingerprint density at radius 3 is 2.48 bits per heavy atom. The summed E-state index contributed by atoms with van der Waals surface area (Å²) in [5, 5.41) is 0. The second-order valence-electron chi connectivity index (χ2n) is 5.99. The van der Waals surface area contributed by atoms with Crippen LogP contribution >= 0.6 is 0 Å². The largest absolute Gasteiger partial charge is 0.497 e. The fourth-order valence-electron chi connectivity index (χ4n) is 2.68. The summed E-state index contributed by atoms with van der Waals surface area (Å²) in [7, 11) is 3.22. The lowest BCUT2D eigenvalue weighted by atomic mass is 10.1. The predicted molar refractivity (Wildman–Crippen MR) is 97.8 cm³/mol. The molecule has 1 atom stereocenters. The van der Waals surface area contributed by atoms with Crippen LogP contribution in [0.15, 0.2) is 42.7 Å². The van der Waals surface area contributed by atoms with Crippen molar-refractivity contribution in [3.63, 3.8) is 0 Å². The number of rotatable bonds is 8. The Morgan fingerprint density at radius 1 is 1.16 bits per heavy atom. The van der Waals surface area contributed by atoms with E-state index in [4.69, 9.17) is 9.47 Å². The van der Waals surface area contributed by atoms with Gasteiger partial charge >= 0.3 is 0 Å². The average Bonchev–Trinajstić information content (AvgIpc) is 2.66.